The van der Waals surface area contributed by atoms with Crippen molar-refractivity contribution >= 4 is 21.5 Å². The van der Waals surface area contributed by atoms with Crippen LogP contribution >= 0.6 is 0 Å². The standard InChI is InChI=1S/C12H20N4O2S/c1-12(2,19(3,17)18)9-14-11(16-13)15-10-7-5-4-6-8-10/h4-8H,9,13H2,1-3H3,(H2,14,15,16). The molecule has 0 heterocycles. The molecule has 0 fully saturated rings. The summed E-state index contributed by atoms with van der Waals surface area (Å²) in [4.78, 5) is 4.17. The second kappa shape index (κ2) is 6.03. The molecule has 0 saturated heterocycles. The van der Waals surface area contributed by atoms with Crippen LogP contribution in [-0.2, 0) is 9.84 Å². The van der Waals surface area contributed by atoms with E-state index in [1.165, 1.54) is 6.26 Å². The van der Waals surface area contributed by atoms with E-state index in [2.05, 4.69) is 15.7 Å². The molecule has 0 aromatic heterocycles. The number of nitrogens with two attached hydrogens (primary N) is 1. The fraction of sp³-hybridized carbons (Fsp3) is 0.417. The molecule has 1 rings (SSSR count). The lowest BCUT2D eigenvalue weighted by Gasteiger charge is -2.20. The van der Waals surface area contributed by atoms with Crippen molar-refractivity contribution in [2.24, 2.45) is 10.8 Å². The number of hydrazine groups is 1. The average molecular weight is 284 g/mol. The molecule has 1 aromatic rings. The lowest BCUT2D eigenvalue weighted by atomic mass is 10.2. The summed E-state index contributed by atoms with van der Waals surface area (Å²) in [5.41, 5.74) is 3.23. The molecule has 0 amide bonds. The molecular formula is C12H20N4O2S. The minimum Gasteiger partial charge on any atom is -0.325 e. The topological polar surface area (TPSA) is 96.6 Å². The molecule has 1 aromatic carbocycles. The molecule has 106 valence electrons. The van der Waals surface area contributed by atoms with Gasteiger partial charge in [0.25, 0.3) is 0 Å². The van der Waals surface area contributed by atoms with E-state index in [9.17, 15) is 8.42 Å². The summed E-state index contributed by atoms with van der Waals surface area (Å²) in [6.07, 6.45) is 1.20. The van der Waals surface area contributed by atoms with Crippen LogP contribution in [0.15, 0.2) is 35.3 Å². The fourth-order valence-corrected chi connectivity index (χ4v) is 1.47. The Morgan fingerprint density at radius 1 is 1.32 bits per heavy atom. The Hall–Kier alpha value is -1.60. The molecule has 4 N–H and O–H groups in total. The van der Waals surface area contributed by atoms with Crippen LogP contribution in [0.2, 0.25) is 0 Å². The predicted octanol–water partition coefficient (Wildman–Crippen LogP) is 0.741. The van der Waals surface area contributed by atoms with E-state index in [0.29, 0.717) is 5.96 Å². The van der Waals surface area contributed by atoms with E-state index in [1.54, 1.807) is 13.8 Å². The molecule has 7 heteroatoms. The lowest BCUT2D eigenvalue weighted by molar-refractivity contribution is 0.555. The van der Waals surface area contributed by atoms with Crippen molar-refractivity contribution in [2.45, 2.75) is 18.6 Å². The van der Waals surface area contributed by atoms with Gasteiger partial charge >= 0.3 is 0 Å². The molecule has 0 aliphatic rings. The summed E-state index contributed by atoms with van der Waals surface area (Å²) < 4.78 is 22.2. The molecule has 0 aliphatic heterocycles. The van der Waals surface area contributed by atoms with Crippen molar-refractivity contribution in [3.05, 3.63) is 30.3 Å². The van der Waals surface area contributed by atoms with Gasteiger partial charge in [-0.1, -0.05) is 18.2 Å². The molecule has 0 saturated carbocycles. The Morgan fingerprint density at radius 3 is 2.37 bits per heavy atom. The van der Waals surface area contributed by atoms with Gasteiger partial charge in [0, 0.05) is 11.9 Å². The van der Waals surface area contributed by atoms with E-state index < -0.39 is 14.6 Å². The number of nitrogens with one attached hydrogen (secondary N) is 2. The zero-order valence-corrected chi connectivity index (χ0v) is 12.2. The Balaban J connectivity index is 2.79. The Kier molecular flexibility index (Phi) is 4.90. The summed E-state index contributed by atoms with van der Waals surface area (Å²) in [6, 6.07) is 9.35. The van der Waals surface area contributed by atoms with Crippen LogP contribution in [-0.4, -0.2) is 31.9 Å². The maximum Gasteiger partial charge on any atom is 0.210 e. The summed E-state index contributed by atoms with van der Waals surface area (Å²) in [6.45, 7) is 3.37. The first-order valence-corrected chi connectivity index (χ1v) is 7.68. The monoisotopic (exact) mass is 284 g/mol. The minimum absolute atomic E-state index is 0.116. The first-order chi connectivity index (χ1) is 8.76. The van der Waals surface area contributed by atoms with Gasteiger partial charge in [-0.2, -0.15) is 0 Å². The van der Waals surface area contributed by atoms with Crippen molar-refractivity contribution in [1.29, 1.82) is 0 Å². The van der Waals surface area contributed by atoms with Gasteiger partial charge in [-0.25, -0.2) is 14.3 Å². The number of sulfone groups is 1. The quantitative estimate of drug-likeness (QED) is 0.328. The van der Waals surface area contributed by atoms with Crippen molar-refractivity contribution in [3.8, 4) is 0 Å². The molecular weight excluding hydrogens is 264 g/mol. The second-order valence-electron chi connectivity index (χ2n) is 4.83. The summed E-state index contributed by atoms with van der Waals surface area (Å²) in [7, 11) is -3.18. The van der Waals surface area contributed by atoms with Crippen LogP contribution < -0.4 is 16.6 Å². The highest BCUT2D eigenvalue weighted by Crippen LogP contribution is 2.15. The van der Waals surface area contributed by atoms with Crippen LogP contribution in [0.1, 0.15) is 13.8 Å². The number of benzene rings is 1. The van der Waals surface area contributed by atoms with Gasteiger partial charge in [-0.3, -0.25) is 10.4 Å². The van der Waals surface area contributed by atoms with E-state index in [1.807, 2.05) is 30.3 Å². The highest BCUT2D eigenvalue weighted by molar-refractivity contribution is 7.92. The molecule has 0 unspecified atom stereocenters. The summed E-state index contributed by atoms with van der Waals surface area (Å²) >= 11 is 0. The zero-order valence-electron chi connectivity index (χ0n) is 11.3. The second-order valence-corrected chi connectivity index (χ2v) is 7.48. The van der Waals surface area contributed by atoms with Gasteiger partial charge in [0.1, 0.15) is 0 Å². The molecule has 0 aliphatic carbocycles. The van der Waals surface area contributed by atoms with E-state index in [-0.39, 0.29) is 6.54 Å². The van der Waals surface area contributed by atoms with Crippen molar-refractivity contribution in [1.82, 2.24) is 5.43 Å². The van der Waals surface area contributed by atoms with E-state index in [4.69, 9.17) is 5.84 Å². The number of hydrogen-bond acceptors (Lipinski definition) is 4. The number of para-hydroxylation sites is 1. The van der Waals surface area contributed by atoms with Gasteiger partial charge in [-0.15, -0.1) is 0 Å². The van der Waals surface area contributed by atoms with Gasteiger partial charge in [0.15, 0.2) is 9.84 Å². The molecule has 19 heavy (non-hydrogen) atoms. The fourth-order valence-electron chi connectivity index (χ4n) is 1.17. The van der Waals surface area contributed by atoms with Crippen molar-refractivity contribution in [3.63, 3.8) is 0 Å². The first-order valence-electron chi connectivity index (χ1n) is 5.79. The molecule has 0 spiro atoms. The number of guanidine groups is 1. The molecule has 0 atom stereocenters. The summed E-state index contributed by atoms with van der Waals surface area (Å²) in [5.74, 6) is 5.69. The smallest absolute Gasteiger partial charge is 0.210 e. The highest BCUT2D eigenvalue weighted by Gasteiger charge is 2.29. The van der Waals surface area contributed by atoms with Gasteiger partial charge in [0.2, 0.25) is 5.96 Å². The van der Waals surface area contributed by atoms with Gasteiger partial charge in [-0.05, 0) is 26.0 Å². The predicted molar refractivity (Wildman–Crippen MR) is 78.6 cm³/mol. The SMILES string of the molecule is CC(C)(CN=C(NN)Nc1ccccc1)S(C)(=O)=O. The summed E-state index contributed by atoms with van der Waals surface area (Å²) in [5, 5.41) is 2.97. The van der Waals surface area contributed by atoms with E-state index in [0.717, 1.165) is 5.69 Å². The third kappa shape index (κ3) is 4.53. The Labute approximate surface area is 114 Å². The maximum absolute atomic E-state index is 11.6. The number of hydrogen-bond donors (Lipinski definition) is 3. The third-order valence-corrected chi connectivity index (χ3v) is 4.93. The normalized spacial score (nSPS) is 13.2. The largest absolute Gasteiger partial charge is 0.325 e. The van der Waals surface area contributed by atoms with Crippen LogP contribution in [0.5, 0.6) is 0 Å². The number of rotatable bonds is 4. The number of nitrogens with zero attached hydrogens (tertiary/aromatic N) is 1. The van der Waals surface area contributed by atoms with Gasteiger partial charge in [0.05, 0.1) is 11.3 Å². The van der Waals surface area contributed by atoms with E-state index >= 15 is 0 Å². The zero-order chi connectivity index (χ0) is 14.5. The average Bonchev–Trinajstić information content (AvgIpc) is 2.34. The number of anilines is 1. The first kappa shape index (κ1) is 15.5. The lowest BCUT2D eigenvalue weighted by Crippen LogP contribution is -2.39. The number of aliphatic imine (C=N–C) groups is 1. The highest BCUT2D eigenvalue weighted by atomic mass is 32.2. The Bertz CT molecular complexity index is 538. The molecule has 0 radical (unpaired) electrons. The van der Waals surface area contributed by atoms with Crippen LogP contribution in [0.25, 0.3) is 0 Å². The third-order valence-electron chi connectivity index (χ3n) is 2.79. The van der Waals surface area contributed by atoms with Crippen molar-refractivity contribution < 1.29 is 8.42 Å². The van der Waals surface area contributed by atoms with Crippen LogP contribution in [0, 0.1) is 0 Å². The van der Waals surface area contributed by atoms with Crippen LogP contribution in [0.4, 0.5) is 5.69 Å². The Morgan fingerprint density at radius 2 is 1.89 bits per heavy atom. The van der Waals surface area contributed by atoms with Crippen molar-refractivity contribution in [2.75, 3.05) is 18.1 Å². The maximum atomic E-state index is 11.6. The molecule has 6 nitrogen and oxygen atoms in total. The molecule has 0 bridgehead atoms. The van der Waals surface area contributed by atoms with Crippen LogP contribution in [0.3, 0.4) is 0 Å². The minimum atomic E-state index is -3.18. The van der Waals surface area contributed by atoms with Gasteiger partial charge < -0.3 is 5.32 Å².